The Kier molecular flexibility index (Phi) is 4.47. The van der Waals surface area contributed by atoms with Gasteiger partial charge in [0.2, 0.25) is 0 Å². The van der Waals surface area contributed by atoms with Crippen molar-refractivity contribution in [1.82, 2.24) is 0 Å². The maximum absolute atomic E-state index is 13.0. The number of ketones is 2. The highest BCUT2D eigenvalue weighted by atomic mass is 16.3. The fourth-order valence-corrected chi connectivity index (χ4v) is 3.71. The van der Waals surface area contributed by atoms with Gasteiger partial charge in [-0.3, -0.25) is 9.59 Å². The van der Waals surface area contributed by atoms with Gasteiger partial charge in [-0.25, -0.2) is 0 Å². The Morgan fingerprint density at radius 1 is 0.750 bits per heavy atom. The first kappa shape index (κ1) is 18.0. The van der Waals surface area contributed by atoms with E-state index in [4.69, 9.17) is 0 Å². The average Bonchev–Trinajstić information content (AvgIpc) is 2.70. The lowest BCUT2D eigenvalue weighted by molar-refractivity contribution is 0.0974. The molecule has 140 valence electrons. The van der Waals surface area contributed by atoms with Crippen LogP contribution in [-0.4, -0.2) is 21.8 Å². The lowest BCUT2D eigenvalue weighted by Crippen LogP contribution is -2.21. The van der Waals surface area contributed by atoms with Crippen molar-refractivity contribution in [3.63, 3.8) is 0 Å². The number of hydrogen-bond acceptors (Lipinski definition) is 4. The molecule has 0 amide bonds. The number of benzene rings is 3. The zero-order valence-corrected chi connectivity index (χ0v) is 15.5. The molecule has 0 heterocycles. The second-order valence-corrected chi connectivity index (χ2v) is 7.04. The molecule has 1 aliphatic rings. The van der Waals surface area contributed by atoms with Crippen molar-refractivity contribution in [3.8, 4) is 22.6 Å². The number of fused-ring (bicyclic) bond motifs is 2. The maximum atomic E-state index is 13.0. The van der Waals surface area contributed by atoms with Gasteiger partial charge in [-0.2, -0.15) is 0 Å². The molecule has 0 fully saturated rings. The first-order valence-corrected chi connectivity index (χ1v) is 9.39. The molecule has 0 saturated heterocycles. The molecule has 0 radical (unpaired) electrons. The van der Waals surface area contributed by atoms with Crippen molar-refractivity contribution in [3.05, 3.63) is 82.4 Å². The first-order chi connectivity index (χ1) is 13.5. The molecule has 2 N–H and O–H groups in total. The summed E-state index contributed by atoms with van der Waals surface area (Å²) in [5.74, 6) is -1.35. The van der Waals surface area contributed by atoms with E-state index in [1.807, 2.05) is 24.3 Å². The highest BCUT2D eigenvalue weighted by molar-refractivity contribution is 6.30. The summed E-state index contributed by atoms with van der Waals surface area (Å²) in [7, 11) is 0. The highest BCUT2D eigenvalue weighted by Gasteiger charge is 2.34. The fourth-order valence-electron chi connectivity index (χ4n) is 3.71. The van der Waals surface area contributed by atoms with E-state index in [2.05, 4.69) is 6.92 Å². The molecule has 3 aromatic carbocycles. The molecule has 0 saturated carbocycles. The molecule has 0 aromatic heterocycles. The van der Waals surface area contributed by atoms with E-state index in [-0.39, 0.29) is 33.8 Å². The summed E-state index contributed by atoms with van der Waals surface area (Å²) in [6.07, 6.45) is 3.24. The van der Waals surface area contributed by atoms with Crippen molar-refractivity contribution < 1.29 is 19.8 Å². The normalized spacial score (nSPS) is 12.6. The Bertz CT molecular complexity index is 1090. The van der Waals surface area contributed by atoms with Crippen molar-refractivity contribution in [1.29, 1.82) is 0 Å². The summed E-state index contributed by atoms with van der Waals surface area (Å²) < 4.78 is 0. The van der Waals surface area contributed by atoms with E-state index in [0.29, 0.717) is 5.56 Å². The third-order valence-electron chi connectivity index (χ3n) is 5.25. The summed E-state index contributed by atoms with van der Waals surface area (Å²) in [6.45, 7) is 2.15. The standard InChI is InChI=1S/C24H20O4/c1-2-3-5-14-8-10-15(11-9-14)16-12-13-18-21(22(16)26)24(28)17-6-4-7-19(25)20(17)23(18)27/h4,6-13,25-26H,2-3,5H2,1H3. The average molecular weight is 372 g/mol. The molecule has 4 heteroatoms. The SMILES string of the molecule is CCCCc1ccc(-c2ccc3c(c2O)C(=O)c2cccc(O)c2C3=O)cc1. The molecule has 3 aromatic rings. The number of phenolic OH excluding ortho intramolecular Hbond substituents is 2. The van der Waals surface area contributed by atoms with Gasteiger partial charge < -0.3 is 10.2 Å². The van der Waals surface area contributed by atoms with Gasteiger partial charge in [-0.05, 0) is 42.2 Å². The number of carbonyl (C=O) groups excluding carboxylic acids is 2. The van der Waals surface area contributed by atoms with Crippen LogP contribution in [0.4, 0.5) is 0 Å². The number of phenols is 2. The van der Waals surface area contributed by atoms with E-state index >= 15 is 0 Å². The minimum atomic E-state index is -0.459. The Hall–Kier alpha value is -3.40. The van der Waals surface area contributed by atoms with E-state index in [0.717, 1.165) is 24.8 Å². The quantitative estimate of drug-likeness (QED) is 0.535. The van der Waals surface area contributed by atoms with E-state index in [1.165, 1.54) is 23.8 Å². The second kappa shape index (κ2) is 6.97. The van der Waals surface area contributed by atoms with Crippen LogP contribution in [0.3, 0.4) is 0 Å². The Morgan fingerprint density at radius 3 is 2.11 bits per heavy atom. The summed E-state index contributed by atoms with van der Waals surface area (Å²) in [6, 6.07) is 15.4. The van der Waals surface area contributed by atoms with Crippen molar-refractivity contribution in [2.24, 2.45) is 0 Å². The van der Waals surface area contributed by atoms with E-state index in [1.54, 1.807) is 12.1 Å². The summed E-state index contributed by atoms with van der Waals surface area (Å²) >= 11 is 0. The molecule has 0 bridgehead atoms. The van der Waals surface area contributed by atoms with Crippen LogP contribution in [0, 0.1) is 0 Å². The number of aryl methyl sites for hydroxylation is 1. The lowest BCUT2D eigenvalue weighted by atomic mass is 9.81. The van der Waals surface area contributed by atoms with Gasteiger partial charge in [-0.1, -0.05) is 49.7 Å². The summed E-state index contributed by atoms with van der Waals surface area (Å²) in [5, 5.41) is 20.9. The van der Waals surface area contributed by atoms with Crippen LogP contribution >= 0.6 is 0 Å². The Labute approximate surface area is 163 Å². The third-order valence-corrected chi connectivity index (χ3v) is 5.25. The largest absolute Gasteiger partial charge is 0.507 e. The minimum absolute atomic E-state index is 0.00402. The molecular weight excluding hydrogens is 352 g/mol. The molecule has 0 spiro atoms. The van der Waals surface area contributed by atoms with Gasteiger partial charge in [-0.15, -0.1) is 0 Å². The van der Waals surface area contributed by atoms with Crippen molar-refractivity contribution in [2.45, 2.75) is 26.2 Å². The molecule has 0 unspecified atom stereocenters. The number of unbranched alkanes of at least 4 members (excludes halogenated alkanes) is 1. The Balaban J connectivity index is 1.80. The maximum Gasteiger partial charge on any atom is 0.198 e. The van der Waals surface area contributed by atoms with E-state index in [9.17, 15) is 19.8 Å². The van der Waals surface area contributed by atoms with Crippen LogP contribution in [0.2, 0.25) is 0 Å². The van der Waals surface area contributed by atoms with Gasteiger partial charge in [0.25, 0.3) is 0 Å². The topological polar surface area (TPSA) is 74.6 Å². The second-order valence-electron chi connectivity index (χ2n) is 7.04. The number of hydrogen-bond donors (Lipinski definition) is 2. The van der Waals surface area contributed by atoms with Crippen molar-refractivity contribution >= 4 is 11.6 Å². The molecular formula is C24H20O4. The molecule has 0 aliphatic heterocycles. The van der Waals surface area contributed by atoms with Crippen LogP contribution in [0.25, 0.3) is 11.1 Å². The third kappa shape index (κ3) is 2.78. The lowest BCUT2D eigenvalue weighted by Gasteiger charge is -2.20. The predicted molar refractivity (Wildman–Crippen MR) is 107 cm³/mol. The first-order valence-electron chi connectivity index (χ1n) is 9.39. The van der Waals surface area contributed by atoms with Crippen LogP contribution in [0.5, 0.6) is 11.5 Å². The fraction of sp³-hybridized carbons (Fsp3) is 0.167. The van der Waals surface area contributed by atoms with Gasteiger partial charge >= 0.3 is 0 Å². The minimum Gasteiger partial charge on any atom is -0.507 e. The molecule has 4 nitrogen and oxygen atoms in total. The smallest absolute Gasteiger partial charge is 0.198 e. The monoisotopic (exact) mass is 372 g/mol. The van der Waals surface area contributed by atoms with E-state index < -0.39 is 11.6 Å². The molecule has 4 rings (SSSR count). The zero-order valence-electron chi connectivity index (χ0n) is 15.5. The Morgan fingerprint density at radius 2 is 1.39 bits per heavy atom. The number of aromatic hydroxyl groups is 2. The van der Waals surface area contributed by atoms with Crippen LogP contribution in [0.1, 0.15) is 57.2 Å². The summed E-state index contributed by atoms with van der Waals surface area (Å²) in [5.41, 5.74) is 2.72. The van der Waals surface area contributed by atoms with Gasteiger partial charge in [0.1, 0.15) is 11.5 Å². The summed E-state index contributed by atoms with van der Waals surface area (Å²) in [4.78, 5) is 25.8. The number of rotatable bonds is 4. The van der Waals surface area contributed by atoms with Crippen molar-refractivity contribution in [2.75, 3.05) is 0 Å². The van der Waals surface area contributed by atoms with Gasteiger partial charge in [0, 0.05) is 16.7 Å². The van der Waals surface area contributed by atoms with Gasteiger partial charge in [0.05, 0.1) is 11.1 Å². The van der Waals surface area contributed by atoms with Gasteiger partial charge in [0.15, 0.2) is 11.6 Å². The molecule has 28 heavy (non-hydrogen) atoms. The highest BCUT2D eigenvalue weighted by Crippen LogP contribution is 2.41. The van der Waals surface area contributed by atoms with Crippen LogP contribution < -0.4 is 0 Å². The van der Waals surface area contributed by atoms with Crippen LogP contribution in [-0.2, 0) is 6.42 Å². The molecule has 0 atom stereocenters. The molecule has 1 aliphatic carbocycles. The zero-order chi connectivity index (χ0) is 19.8. The number of carbonyl (C=O) groups is 2. The predicted octanol–water partition coefficient (Wildman–Crippen LogP) is 4.88. The van der Waals surface area contributed by atoms with Crippen LogP contribution in [0.15, 0.2) is 54.6 Å².